The van der Waals surface area contributed by atoms with E-state index in [1.54, 1.807) is 0 Å². The van der Waals surface area contributed by atoms with Crippen molar-refractivity contribution in [3.8, 4) is 0 Å². The van der Waals surface area contributed by atoms with Crippen molar-refractivity contribution in [1.29, 1.82) is 0 Å². The van der Waals surface area contributed by atoms with Crippen molar-refractivity contribution in [2.45, 2.75) is 70.3 Å². The molecular formula is C19H37IN4. The summed E-state index contributed by atoms with van der Waals surface area (Å²) < 4.78 is 0. The molecule has 24 heavy (non-hydrogen) atoms. The highest BCUT2D eigenvalue weighted by atomic mass is 127. The van der Waals surface area contributed by atoms with E-state index >= 15 is 0 Å². The first-order valence-corrected chi connectivity index (χ1v) is 10.0. The van der Waals surface area contributed by atoms with E-state index in [-0.39, 0.29) is 24.0 Å². The van der Waals surface area contributed by atoms with Crippen LogP contribution in [0.2, 0.25) is 0 Å². The van der Waals surface area contributed by atoms with Gasteiger partial charge in [-0.25, -0.2) is 0 Å². The zero-order valence-electron chi connectivity index (χ0n) is 15.4. The van der Waals surface area contributed by atoms with Crippen LogP contribution in [0.25, 0.3) is 0 Å². The summed E-state index contributed by atoms with van der Waals surface area (Å²) in [7, 11) is 1.89. The summed E-state index contributed by atoms with van der Waals surface area (Å²) in [6, 6.07) is 0.928. The Kier molecular flexibility index (Phi) is 9.16. The zero-order chi connectivity index (χ0) is 15.9. The van der Waals surface area contributed by atoms with Crippen LogP contribution in [-0.4, -0.2) is 50.1 Å². The lowest BCUT2D eigenvalue weighted by Crippen LogP contribution is -2.40. The summed E-state index contributed by atoms with van der Waals surface area (Å²) in [5, 5.41) is 7.03. The van der Waals surface area contributed by atoms with Gasteiger partial charge in [0.2, 0.25) is 0 Å². The van der Waals surface area contributed by atoms with Crippen molar-refractivity contribution < 1.29 is 0 Å². The van der Waals surface area contributed by atoms with Gasteiger partial charge in [-0.3, -0.25) is 4.99 Å². The molecule has 1 atom stereocenters. The summed E-state index contributed by atoms with van der Waals surface area (Å²) in [4.78, 5) is 7.06. The van der Waals surface area contributed by atoms with E-state index in [0.29, 0.717) is 0 Å². The number of hydrogen-bond donors (Lipinski definition) is 2. The Hall–Kier alpha value is -0.0400. The van der Waals surface area contributed by atoms with Crippen LogP contribution in [0.5, 0.6) is 0 Å². The van der Waals surface area contributed by atoms with Crippen LogP contribution >= 0.6 is 24.0 Å². The standard InChI is InChI=1S/C19H36N4.HI/c1-20-19(21-12-5-4-8-16-6-2-3-7-16)22-14-17-11-13-23(15-17)18-9-10-18;/h16-18H,2-15H2,1H3,(H2,20,21,22);1H. The second-order valence-electron chi connectivity index (χ2n) is 7.91. The van der Waals surface area contributed by atoms with Gasteiger partial charge in [-0.05, 0) is 44.1 Å². The number of aliphatic imine (C=N–C) groups is 1. The lowest BCUT2D eigenvalue weighted by molar-refractivity contribution is 0.314. The fourth-order valence-electron chi connectivity index (χ4n) is 4.33. The normalized spacial score (nSPS) is 25.7. The van der Waals surface area contributed by atoms with Gasteiger partial charge in [-0.2, -0.15) is 0 Å². The second-order valence-corrected chi connectivity index (χ2v) is 7.91. The lowest BCUT2D eigenvalue weighted by Gasteiger charge is -2.17. The van der Waals surface area contributed by atoms with Gasteiger partial charge in [0.25, 0.3) is 0 Å². The van der Waals surface area contributed by atoms with Gasteiger partial charge in [0, 0.05) is 32.7 Å². The van der Waals surface area contributed by atoms with Crippen LogP contribution in [0.3, 0.4) is 0 Å². The summed E-state index contributed by atoms with van der Waals surface area (Å²) in [6.07, 6.45) is 14.2. The molecule has 140 valence electrons. The molecule has 1 heterocycles. The predicted octanol–water partition coefficient (Wildman–Crippen LogP) is 3.61. The minimum Gasteiger partial charge on any atom is -0.356 e. The van der Waals surface area contributed by atoms with Crippen molar-refractivity contribution in [2.75, 3.05) is 33.2 Å². The second kappa shape index (κ2) is 10.8. The van der Waals surface area contributed by atoms with Gasteiger partial charge in [0.1, 0.15) is 0 Å². The summed E-state index contributed by atoms with van der Waals surface area (Å²) in [5.74, 6) is 2.83. The number of hydrogen-bond acceptors (Lipinski definition) is 2. The third-order valence-electron chi connectivity index (χ3n) is 5.97. The molecule has 0 spiro atoms. The molecule has 2 saturated carbocycles. The van der Waals surface area contributed by atoms with E-state index in [1.165, 1.54) is 77.3 Å². The topological polar surface area (TPSA) is 39.7 Å². The van der Waals surface area contributed by atoms with Gasteiger partial charge < -0.3 is 15.5 Å². The Morgan fingerprint density at radius 2 is 1.79 bits per heavy atom. The molecule has 4 nitrogen and oxygen atoms in total. The molecule has 2 N–H and O–H groups in total. The molecule has 0 bridgehead atoms. The van der Waals surface area contributed by atoms with Crippen LogP contribution in [0.1, 0.15) is 64.2 Å². The van der Waals surface area contributed by atoms with Gasteiger partial charge >= 0.3 is 0 Å². The molecule has 0 aromatic rings. The quantitative estimate of drug-likeness (QED) is 0.258. The van der Waals surface area contributed by atoms with Crippen molar-refractivity contribution in [3.63, 3.8) is 0 Å². The number of guanidine groups is 1. The minimum atomic E-state index is 0. The highest BCUT2D eigenvalue weighted by molar-refractivity contribution is 14.0. The first-order chi connectivity index (χ1) is 11.3. The van der Waals surface area contributed by atoms with E-state index in [9.17, 15) is 0 Å². The summed E-state index contributed by atoms with van der Waals surface area (Å²) in [5.41, 5.74) is 0. The Morgan fingerprint density at radius 3 is 2.50 bits per heavy atom. The van der Waals surface area contributed by atoms with Gasteiger partial charge in [-0.15, -0.1) is 24.0 Å². The number of nitrogens with one attached hydrogen (secondary N) is 2. The SMILES string of the molecule is CN=C(NCCCCC1CCCC1)NCC1CCN(C2CC2)C1.I. The molecule has 0 radical (unpaired) electrons. The van der Waals surface area contributed by atoms with Crippen LogP contribution < -0.4 is 10.6 Å². The first-order valence-electron chi connectivity index (χ1n) is 10.0. The van der Waals surface area contributed by atoms with E-state index < -0.39 is 0 Å². The molecule has 5 heteroatoms. The number of nitrogens with zero attached hydrogens (tertiary/aromatic N) is 2. The Bertz CT molecular complexity index is 378. The van der Waals surface area contributed by atoms with Crippen molar-refractivity contribution in [1.82, 2.24) is 15.5 Å². The third-order valence-corrected chi connectivity index (χ3v) is 5.97. The number of likely N-dealkylation sites (tertiary alicyclic amines) is 1. The molecule has 0 aromatic heterocycles. The molecule has 0 aromatic carbocycles. The highest BCUT2D eigenvalue weighted by Crippen LogP contribution is 2.31. The number of halogens is 1. The highest BCUT2D eigenvalue weighted by Gasteiger charge is 2.34. The first kappa shape index (κ1) is 20.3. The zero-order valence-corrected chi connectivity index (χ0v) is 17.8. The molecule has 3 aliphatic rings. The van der Waals surface area contributed by atoms with E-state index in [0.717, 1.165) is 36.9 Å². The lowest BCUT2D eigenvalue weighted by atomic mass is 10.0. The molecule has 3 rings (SSSR count). The molecule has 2 aliphatic carbocycles. The molecule has 1 unspecified atom stereocenters. The average molecular weight is 448 g/mol. The predicted molar refractivity (Wildman–Crippen MR) is 113 cm³/mol. The maximum atomic E-state index is 4.37. The molecule has 1 aliphatic heterocycles. The Balaban J connectivity index is 0.00000208. The largest absolute Gasteiger partial charge is 0.356 e. The number of rotatable bonds is 8. The molecular weight excluding hydrogens is 411 g/mol. The maximum absolute atomic E-state index is 4.37. The minimum absolute atomic E-state index is 0. The number of unbranched alkanes of at least 4 members (excludes halogenated alkanes) is 1. The third kappa shape index (κ3) is 6.70. The van der Waals surface area contributed by atoms with Crippen LogP contribution in [0.4, 0.5) is 0 Å². The maximum Gasteiger partial charge on any atom is 0.190 e. The van der Waals surface area contributed by atoms with Crippen LogP contribution in [-0.2, 0) is 0 Å². The van der Waals surface area contributed by atoms with Gasteiger partial charge in [0.05, 0.1) is 0 Å². The van der Waals surface area contributed by atoms with E-state index in [1.807, 2.05) is 7.05 Å². The summed E-state index contributed by atoms with van der Waals surface area (Å²) >= 11 is 0. The van der Waals surface area contributed by atoms with Crippen molar-refractivity contribution in [3.05, 3.63) is 0 Å². The van der Waals surface area contributed by atoms with E-state index in [4.69, 9.17) is 0 Å². The van der Waals surface area contributed by atoms with Gasteiger partial charge in [-0.1, -0.05) is 38.5 Å². The van der Waals surface area contributed by atoms with Crippen molar-refractivity contribution >= 4 is 29.9 Å². The van der Waals surface area contributed by atoms with E-state index in [2.05, 4.69) is 20.5 Å². The molecule has 3 fully saturated rings. The fraction of sp³-hybridized carbons (Fsp3) is 0.947. The molecule has 0 amide bonds. The Labute approximate surface area is 165 Å². The van der Waals surface area contributed by atoms with Gasteiger partial charge in [0.15, 0.2) is 5.96 Å². The average Bonchev–Trinajstić information content (AvgIpc) is 3.09. The summed E-state index contributed by atoms with van der Waals surface area (Å²) in [6.45, 7) is 4.73. The Morgan fingerprint density at radius 1 is 1.00 bits per heavy atom. The monoisotopic (exact) mass is 448 g/mol. The molecule has 1 saturated heterocycles. The van der Waals surface area contributed by atoms with Crippen LogP contribution in [0, 0.1) is 11.8 Å². The van der Waals surface area contributed by atoms with Crippen LogP contribution in [0.15, 0.2) is 4.99 Å². The van der Waals surface area contributed by atoms with Crippen molar-refractivity contribution in [2.24, 2.45) is 16.8 Å². The smallest absolute Gasteiger partial charge is 0.190 e. The fourth-order valence-corrected chi connectivity index (χ4v) is 4.33.